The highest BCUT2D eigenvalue weighted by Crippen LogP contribution is 2.33. The van der Waals surface area contributed by atoms with Gasteiger partial charge >= 0.3 is 0 Å². The van der Waals surface area contributed by atoms with E-state index in [1.807, 2.05) is 12.1 Å². The average molecular weight is 478 g/mol. The van der Waals surface area contributed by atoms with E-state index in [1.165, 1.54) is 65.5 Å². The van der Waals surface area contributed by atoms with E-state index in [1.54, 1.807) is 0 Å². The molecule has 0 saturated carbocycles. The Morgan fingerprint density at radius 2 is 0.972 bits per heavy atom. The molecule has 1 N–H and O–H groups in total. The number of aryl methyl sites for hydroxylation is 2. The van der Waals surface area contributed by atoms with E-state index in [-0.39, 0.29) is 0 Å². The Labute approximate surface area is 219 Å². The van der Waals surface area contributed by atoms with Crippen LogP contribution in [0.25, 0.3) is 0 Å². The Hall–Kier alpha value is -3.16. The SMILES string of the molecule is CCCCCCC(c1ccccc1C)c1ccccc1C.c1ccc(CNCc2ccccc2)cc1. The second-order valence-electron chi connectivity index (χ2n) is 9.69. The molecule has 4 aromatic rings. The lowest BCUT2D eigenvalue weighted by atomic mass is 9.83. The fraction of sp³-hybridized carbons (Fsp3) is 0.314. The summed E-state index contributed by atoms with van der Waals surface area (Å²) in [5.74, 6) is 0.546. The van der Waals surface area contributed by atoms with Crippen LogP contribution in [0.4, 0.5) is 0 Å². The number of unbranched alkanes of at least 4 members (excludes halogenated alkanes) is 3. The molecule has 1 nitrogen and oxygen atoms in total. The molecule has 0 aliphatic heterocycles. The molecule has 4 rings (SSSR count). The lowest BCUT2D eigenvalue weighted by Crippen LogP contribution is -2.12. The van der Waals surface area contributed by atoms with Gasteiger partial charge in [-0.25, -0.2) is 0 Å². The first-order valence-corrected chi connectivity index (χ1v) is 13.6. The fourth-order valence-corrected chi connectivity index (χ4v) is 4.75. The molecule has 0 aromatic heterocycles. The maximum atomic E-state index is 3.42. The van der Waals surface area contributed by atoms with Gasteiger partial charge in [0.15, 0.2) is 0 Å². The summed E-state index contributed by atoms with van der Waals surface area (Å²) in [6.07, 6.45) is 6.59. The monoisotopic (exact) mass is 477 g/mol. The van der Waals surface area contributed by atoms with Crippen molar-refractivity contribution in [2.45, 2.75) is 71.9 Å². The third-order valence-corrected chi connectivity index (χ3v) is 6.82. The summed E-state index contributed by atoms with van der Waals surface area (Å²) in [6, 6.07) is 38.7. The van der Waals surface area contributed by atoms with E-state index in [4.69, 9.17) is 0 Å². The summed E-state index contributed by atoms with van der Waals surface area (Å²) in [7, 11) is 0. The minimum atomic E-state index is 0.546. The van der Waals surface area contributed by atoms with Gasteiger partial charge in [-0.1, -0.05) is 142 Å². The molecule has 0 amide bonds. The van der Waals surface area contributed by atoms with Crippen LogP contribution in [0.5, 0.6) is 0 Å². The van der Waals surface area contributed by atoms with E-state index in [0.29, 0.717) is 5.92 Å². The fourth-order valence-electron chi connectivity index (χ4n) is 4.75. The zero-order valence-electron chi connectivity index (χ0n) is 22.4. The molecule has 0 radical (unpaired) electrons. The Morgan fingerprint density at radius 1 is 0.528 bits per heavy atom. The van der Waals surface area contributed by atoms with Crippen LogP contribution in [0.15, 0.2) is 109 Å². The van der Waals surface area contributed by atoms with Crippen molar-refractivity contribution in [1.29, 1.82) is 0 Å². The zero-order chi connectivity index (χ0) is 25.4. The number of rotatable bonds is 11. The van der Waals surface area contributed by atoms with E-state index >= 15 is 0 Å². The van der Waals surface area contributed by atoms with Crippen molar-refractivity contribution in [2.75, 3.05) is 0 Å². The maximum absolute atomic E-state index is 3.42. The molecule has 188 valence electrons. The summed E-state index contributed by atoms with van der Waals surface area (Å²) in [4.78, 5) is 0. The average Bonchev–Trinajstić information content (AvgIpc) is 2.92. The third kappa shape index (κ3) is 9.13. The molecule has 0 atom stereocenters. The molecular weight excluding hydrogens is 434 g/mol. The van der Waals surface area contributed by atoms with Gasteiger partial charge < -0.3 is 5.32 Å². The highest BCUT2D eigenvalue weighted by molar-refractivity contribution is 5.40. The van der Waals surface area contributed by atoms with Crippen molar-refractivity contribution in [3.63, 3.8) is 0 Å². The van der Waals surface area contributed by atoms with Gasteiger partial charge in [-0.15, -0.1) is 0 Å². The standard InChI is InChI=1S/C21H28.C14H15N/c1-4-5-6-7-16-21(19-14-10-8-12-17(19)2)20-15-11-9-13-18(20)3;1-3-7-13(8-4-1)11-15-12-14-9-5-2-6-10-14/h8-15,21H,4-7,16H2,1-3H3;1-10,15H,11-12H2. The van der Waals surface area contributed by atoms with Crippen LogP contribution in [0.2, 0.25) is 0 Å². The summed E-state index contributed by atoms with van der Waals surface area (Å²) < 4.78 is 0. The molecule has 0 bridgehead atoms. The van der Waals surface area contributed by atoms with Gasteiger partial charge in [0.05, 0.1) is 0 Å². The lowest BCUT2D eigenvalue weighted by Gasteiger charge is -2.22. The normalized spacial score (nSPS) is 10.7. The van der Waals surface area contributed by atoms with E-state index < -0.39 is 0 Å². The lowest BCUT2D eigenvalue weighted by molar-refractivity contribution is 0.594. The van der Waals surface area contributed by atoms with Crippen molar-refractivity contribution >= 4 is 0 Å². The number of hydrogen-bond acceptors (Lipinski definition) is 1. The first-order chi connectivity index (χ1) is 17.7. The van der Waals surface area contributed by atoms with Gasteiger partial charge in [0.2, 0.25) is 0 Å². The highest BCUT2D eigenvalue weighted by Gasteiger charge is 2.17. The second kappa shape index (κ2) is 15.8. The summed E-state index contributed by atoms with van der Waals surface area (Å²) in [5.41, 5.74) is 8.50. The first kappa shape index (κ1) is 27.4. The summed E-state index contributed by atoms with van der Waals surface area (Å²) in [6.45, 7) is 8.62. The van der Waals surface area contributed by atoms with Gasteiger partial charge in [-0.05, 0) is 53.6 Å². The van der Waals surface area contributed by atoms with Crippen LogP contribution < -0.4 is 5.32 Å². The molecule has 0 aliphatic rings. The molecule has 4 aromatic carbocycles. The van der Waals surface area contributed by atoms with Gasteiger partial charge in [0.25, 0.3) is 0 Å². The van der Waals surface area contributed by atoms with Gasteiger partial charge in [-0.2, -0.15) is 0 Å². The van der Waals surface area contributed by atoms with Crippen LogP contribution in [-0.2, 0) is 13.1 Å². The Morgan fingerprint density at radius 3 is 1.42 bits per heavy atom. The minimum absolute atomic E-state index is 0.546. The largest absolute Gasteiger partial charge is 0.309 e. The molecule has 0 unspecified atom stereocenters. The van der Waals surface area contributed by atoms with E-state index in [2.05, 4.69) is 123 Å². The number of hydrogen-bond donors (Lipinski definition) is 1. The zero-order valence-corrected chi connectivity index (χ0v) is 22.4. The molecule has 1 heteroatoms. The van der Waals surface area contributed by atoms with E-state index in [0.717, 1.165) is 13.1 Å². The predicted molar refractivity (Wildman–Crippen MR) is 156 cm³/mol. The maximum Gasteiger partial charge on any atom is 0.0208 e. The smallest absolute Gasteiger partial charge is 0.0208 e. The summed E-state index contributed by atoms with van der Waals surface area (Å²) >= 11 is 0. The van der Waals surface area contributed by atoms with Crippen LogP contribution in [-0.4, -0.2) is 0 Å². The van der Waals surface area contributed by atoms with Crippen LogP contribution in [0.3, 0.4) is 0 Å². The first-order valence-electron chi connectivity index (χ1n) is 13.6. The molecular formula is C35H43N. The quantitative estimate of drug-likeness (QED) is 0.212. The molecule has 0 spiro atoms. The van der Waals surface area contributed by atoms with Crippen LogP contribution in [0, 0.1) is 13.8 Å². The third-order valence-electron chi connectivity index (χ3n) is 6.82. The van der Waals surface area contributed by atoms with Crippen molar-refractivity contribution < 1.29 is 0 Å². The number of nitrogens with one attached hydrogen (secondary N) is 1. The molecule has 0 aliphatic carbocycles. The van der Waals surface area contributed by atoms with Crippen molar-refractivity contribution in [2.24, 2.45) is 0 Å². The second-order valence-corrected chi connectivity index (χ2v) is 9.69. The minimum Gasteiger partial charge on any atom is -0.309 e. The Balaban J connectivity index is 0.000000212. The molecule has 0 saturated heterocycles. The van der Waals surface area contributed by atoms with Gasteiger partial charge in [0.1, 0.15) is 0 Å². The highest BCUT2D eigenvalue weighted by atomic mass is 14.8. The van der Waals surface area contributed by atoms with Gasteiger partial charge in [0, 0.05) is 19.0 Å². The predicted octanol–water partition coefficient (Wildman–Crippen LogP) is 9.38. The molecule has 0 heterocycles. The van der Waals surface area contributed by atoms with Crippen LogP contribution >= 0.6 is 0 Å². The Bertz CT molecular complexity index is 1030. The van der Waals surface area contributed by atoms with Crippen molar-refractivity contribution in [1.82, 2.24) is 5.32 Å². The molecule has 0 fully saturated rings. The summed E-state index contributed by atoms with van der Waals surface area (Å²) in [5, 5.41) is 3.42. The molecule has 36 heavy (non-hydrogen) atoms. The van der Waals surface area contributed by atoms with E-state index in [9.17, 15) is 0 Å². The Kier molecular flexibility index (Phi) is 12.0. The number of benzene rings is 4. The van der Waals surface area contributed by atoms with Crippen molar-refractivity contribution in [3.05, 3.63) is 143 Å². The topological polar surface area (TPSA) is 12.0 Å². The van der Waals surface area contributed by atoms with Gasteiger partial charge in [-0.3, -0.25) is 0 Å². The van der Waals surface area contributed by atoms with Crippen molar-refractivity contribution in [3.8, 4) is 0 Å². The van der Waals surface area contributed by atoms with Crippen LogP contribution in [0.1, 0.15) is 78.3 Å².